The lowest BCUT2D eigenvalue weighted by molar-refractivity contribution is -0.113. The minimum absolute atomic E-state index is 0.0552. The molecule has 0 saturated carbocycles. The number of carbonyl (C=O) groups excluding carboxylic acids is 2. The first-order chi connectivity index (χ1) is 17.3. The molecule has 0 radical (unpaired) electrons. The zero-order valence-electron chi connectivity index (χ0n) is 20.7. The maximum absolute atomic E-state index is 12.6. The molecular weight excluding hydrogens is 472 g/mol. The van der Waals surface area contributed by atoms with Crippen LogP contribution in [0, 0.1) is 0 Å². The van der Waals surface area contributed by atoms with Crippen molar-refractivity contribution in [3.63, 3.8) is 0 Å². The molecule has 36 heavy (non-hydrogen) atoms. The third kappa shape index (κ3) is 5.83. The first kappa shape index (κ1) is 25.2. The van der Waals surface area contributed by atoms with Gasteiger partial charge in [0.1, 0.15) is 0 Å². The standard InChI is InChI=1S/C28H28N4O3S/c1-28(2,3)21-14-10-19(11-15-21)25-30-31-27(32(25)23-8-6-5-7-9-23)36-18-24(33)29-22-16-12-20(13-17-22)26(34)35-4/h5-17H,18H2,1-4H3,(H,29,33). The average molecular weight is 501 g/mol. The largest absolute Gasteiger partial charge is 0.465 e. The maximum atomic E-state index is 12.6. The van der Waals surface area contributed by atoms with Gasteiger partial charge in [0.15, 0.2) is 11.0 Å². The normalized spacial score (nSPS) is 11.2. The smallest absolute Gasteiger partial charge is 0.337 e. The molecule has 0 spiro atoms. The number of amides is 1. The Balaban J connectivity index is 1.53. The van der Waals surface area contributed by atoms with E-state index in [0.29, 0.717) is 22.2 Å². The van der Waals surface area contributed by atoms with E-state index in [-0.39, 0.29) is 17.1 Å². The number of ether oxygens (including phenoxy) is 1. The third-order valence-electron chi connectivity index (χ3n) is 5.58. The molecule has 0 fully saturated rings. The van der Waals surface area contributed by atoms with Gasteiger partial charge in [0, 0.05) is 16.9 Å². The van der Waals surface area contributed by atoms with E-state index in [0.717, 1.165) is 11.3 Å². The predicted molar refractivity (Wildman–Crippen MR) is 143 cm³/mol. The molecule has 0 bridgehead atoms. The van der Waals surface area contributed by atoms with Crippen molar-refractivity contribution in [2.75, 3.05) is 18.2 Å². The van der Waals surface area contributed by atoms with Crippen molar-refractivity contribution in [3.05, 3.63) is 90.0 Å². The van der Waals surface area contributed by atoms with Crippen LogP contribution < -0.4 is 5.32 Å². The summed E-state index contributed by atoms with van der Waals surface area (Å²) in [7, 11) is 1.33. The van der Waals surface area contributed by atoms with Gasteiger partial charge in [-0.1, -0.05) is 75.0 Å². The number of methoxy groups -OCH3 is 1. The number of hydrogen-bond donors (Lipinski definition) is 1. The zero-order chi connectivity index (χ0) is 25.7. The van der Waals surface area contributed by atoms with Crippen LogP contribution in [0.2, 0.25) is 0 Å². The van der Waals surface area contributed by atoms with E-state index in [2.05, 4.69) is 60.6 Å². The Hall–Kier alpha value is -3.91. The second kappa shape index (κ2) is 10.8. The number of nitrogens with zero attached hydrogens (tertiary/aromatic N) is 3. The Morgan fingerprint density at radius 2 is 1.58 bits per heavy atom. The van der Waals surface area contributed by atoms with Crippen molar-refractivity contribution in [3.8, 4) is 17.1 Å². The van der Waals surface area contributed by atoms with Crippen LogP contribution in [0.25, 0.3) is 17.1 Å². The number of benzene rings is 3. The van der Waals surface area contributed by atoms with Gasteiger partial charge in [0.05, 0.1) is 18.4 Å². The number of hydrogen-bond acceptors (Lipinski definition) is 6. The monoisotopic (exact) mass is 500 g/mol. The maximum Gasteiger partial charge on any atom is 0.337 e. The lowest BCUT2D eigenvalue weighted by Crippen LogP contribution is -2.14. The van der Waals surface area contributed by atoms with E-state index < -0.39 is 5.97 Å². The molecule has 0 aliphatic carbocycles. The van der Waals surface area contributed by atoms with E-state index in [4.69, 9.17) is 4.74 Å². The highest BCUT2D eigenvalue weighted by molar-refractivity contribution is 7.99. The first-order valence-corrected chi connectivity index (χ1v) is 12.5. The summed E-state index contributed by atoms with van der Waals surface area (Å²) < 4.78 is 6.67. The molecule has 1 amide bonds. The minimum Gasteiger partial charge on any atom is -0.465 e. The molecule has 1 N–H and O–H groups in total. The average Bonchev–Trinajstić information content (AvgIpc) is 3.31. The summed E-state index contributed by atoms with van der Waals surface area (Å²) in [6.07, 6.45) is 0. The predicted octanol–water partition coefficient (Wildman–Crippen LogP) is 5.75. The minimum atomic E-state index is -0.424. The van der Waals surface area contributed by atoms with Crippen molar-refractivity contribution in [1.29, 1.82) is 0 Å². The van der Waals surface area contributed by atoms with Crippen molar-refractivity contribution in [2.45, 2.75) is 31.3 Å². The van der Waals surface area contributed by atoms with E-state index >= 15 is 0 Å². The summed E-state index contributed by atoms with van der Waals surface area (Å²) >= 11 is 1.31. The number of esters is 1. The van der Waals surface area contributed by atoms with Crippen LogP contribution in [0.4, 0.5) is 5.69 Å². The molecule has 4 rings (SSSR count). The Labute approximate surface area is 214 Å². The van der Waals surface area contributed by atoms with Gasteiger partial charge < -0.3 is 10.1 Å². The van der Waals surface area contributed by atoms with Crippen LogP contribution in [0.5, 0.6) is 0 Å². The van der Waals surface area contributed by atoms with Crippen LogP contribution in [0.1, 0.15) is 36.7 Å². The van der Waals surface area contributed by atoms with Crippen molar-refractivity contribution < 1.29 is 14.3 Å². The number of aromatic nitrogens is 3. The lowest BCUT2D eigenvalue weighted by Gasteiger charge is -2.19. The number of nitrogens with one attached hydrogen (secondary N) is 1. The van der Waals surface area contributed by atoms with Gasteiger partial charge in [0.25, 0.3) is 0 Å². The second-order valence-electron chi connectivity index (χ2n) is 9.21. The highest BCUT2D eigenvalue weighted by atomic mass is 32.2. The Morgan fingerprint density at radius 1 is 0.917 bits per heavy atom. The Morgan fingerprint density at radius 3 is 2.19 bits per heavy atom. The van der Waals surface area contributed by atoms with Crippen molar-refractivity contribution >= 4 is 29.3 Å². The van der Waals surface area contributed by atoms with Crippen LogP contribution in [0.3, 0.4) is 0 Å². The van der Waals surface area contributed by atoms with Gasteiger partial charge in [-0.2, -0.15) is 0 Å². The summed E-state index contributed by atoms with van der Waals surface area (Å²) in [4.78, 5) is 24.2. The number of carbonyl (C=O) groups is 2. The summed E-state index contributed by atoms with van der Waals surface area (Å²) in [5.74, 6) is 0.243. The molecule has 1 heterocycles. The van der Waals surface area contributed by atoms with E-state index in [9.17, 15) is 9.59 Å². The molecule has 8 heteroatoms. The number of rotatable bonds is 7. The van der Waals surface area contributed by atoms with Crippen LogP contribution >= 0.6 is 11.8 Å². The van der Waals surface area contributed by atoms with Gasteiger partial charge >= 0.3 is 5.97 Å². The SMILES string of the molecule is COC(=O)c1ccc(NC(=O)CSc2nnc(-c3ccc(C(C)(C)C)cc3)n2-c2ccccc2)cc1. The highest BCUT2D eigenvalue weighted by Gasteiger charge is 2.19. The third-order valence-corrected chi connectivity index (χ3v) is 6.51. The van der Waals surface area contributed by atoms with Gasteiger partial charge in [-0.25, -0.2) is 4.79 Å². The first-order valence-electron chi connectivity index (χ1n) is 11.5. The molecule has 0 aliphatic rings. The van der Waals surface area contributed by atoms with Crippen molar-refractivity contribution in [1.82, 2.24) is 14.8 Å². The molecule has 0 unspecified atom stereocenters. The van der Waals surface area contributed by atoms with Gasteiger partial charge in [0.2, 0.25) is 5.91 Å². The molecule has 0 aliphatic heterocycles. The fraction of sp³-hybridized carbons (Fsp3) is 0.214. The number of para-hydroxylation sites is 1. The summed E-state index contributed by atoms with van der Waals surface area (Å²) in [5, 5.41) is 12.3. The molecule has 0 saturated heterocycles. The van der Waals surface area contributed by atoms with E-state index in [1.54, 1.807) is 24.3 Å². The number of thioether (sulfide) groups is 1. The fourth-order valence-electron chi connectivity index (χ4n) is 3.61. The molecular formula is C28H28N4O3S. The lowest BCUT2D eigenvalue weighted by atomic mass is 9.87. The van der Waals surface area contributed by atoms with Gasteiger partial charge in [-0.05, 0) is 47.4 Å². The molecule has 4 aromatic rings. The van der Waals surface area contributed by atoms with E-state index in [1.165, 1.54) is 24.4 Å². The van der Waals surface area contributed by atoms with Crippen LogP contribution in [-0.4, -0.2) is 39.5 Å². The zero-order valence-corrected chi connectivity index (χ0v) is 21.5. The highest BCUT2D eigenvalue weighted by Crippen LogP contribution is 2.30. The van der Waals surface area contributed by atoms with Crippen molar-refractivity contribution in [2.24, 2.45) is 0 Å². The van der Waals surface area contributed by atoms with Crippen LogP contribution in [-0.2, 0) is 14.9 Å². The fourth-order valence-corrected chi connectivity index (χ4v) is 4.37. The van der Waals surface area contributed by atoms with Gasteiger partial charge in [-0.15, -0.1) is 10.2 Å². The van der Waals surface area contributed by atoms with Crippen LogP contribution in [0.15, 0.2) is 84.0 Å². The Kier molecular flexibility index (Phi) is 7.55. The summed E-state index contributed by atoms with van der Waals surface area (Å²) in [6.45, 7) is 6.55. The Bertz CT molecular complexity index is 1340. The quantitative estimate of drug-likeness (QED) is 0.257. The molecule has 1 aromatic heterocycles. The van der Waals surface area contributed by atoms with E-state index in [1.807, 2.05) is 34.9 Å². The molecule has 7 nitrogen and oxygen atoms in total. The topological polar surface area (TPSA) is 86.1 Å². The summed E-state index contributed by atoms with van der Waals surface area (Å²) in [5.41, 5.74) is 4.17. The van der Waals surface area contributed by atoms with Gasteiger partial charge in [-0.3, -0.25) is 9.36 Å². The molecule has 0 atom stereocenters. The molecule has 3 aromatic carbocycles. The number of anilines is 1. The second-order valence-corrected chi connectivity index (χ2v) is 10.2. The molecule has 184 valence electrons. The summed E-state index contributed by atoms with van der Waals surface area (Å²) in [6, 6.07) is 24.8.